The number of hydrogen-bond acceptors (Lipinski definition) is 4. The van der Waals surface area contributed by atoms with Crippen molar-refractivity contribution in [2.24, 2.45) is 0 Å². The van der Waals surface area contributed by atoms with Crippen LogP contribution in [0.5, 0.6) is 0 Å². The molecule has 0 N–H and O–H groups in total. The molecule has 0 radical (unpaired) electrons. The van der Waals surface area contributed by atoms with Crippen molar-refractivity contribution in [1.29, 1.82) is 0 Å². The summed E-state index contributed by atoms with van der Waals surface area (Å²) in [6.07, 6.45) is 2.33. The molecule has 298 valence electrons. The minimum Gasteiger partial charge on any atom is -0.309 e. The van der Waals surface area contributed by atoms with E-state index < -0.39 is 0 Å². The molecule has 0 atom stereocenters. The third-order valence-electron chi connectivity index (χ3n) is 13.5. The highest BCUT2D eigenvalue weighted by atomic mass is 32.1. The average Bonchev–Trinajstić information content (AvgIpc) is 3.84. The second-order valence-electron chi connectivity index (χ2n) is 18.3. The molecule has 3 heterocycles. The molecule has 0 unspecified atom stereocenters. The largest absolute Gasteiger partial charge is 0.309 e. The van der Waals surface area contributed by atoms with Crippen LogP contribution in [0.15, 0.2) is 170 Å². The zero-order valence-electron chi connectivity index (χ0n) is 35.3. The minimum atomic E-state index is 0.0741. The molecule has 0 bridgehead atoms. The summed E-state index contributed by atoms with van der Waals surface area (Å²) in [5.41, 5.74) is 11.7. The van der Waals surface area contributed by atoms with E-state index in [0.29, 0.717) is 17.5 Å². The van der Waals surface area contributed by atoms with Crippen molar-refractivity contribution in [3.63, 3.8) is 0 Å². The Labute approximate surface area is 365 Å². The molecule has 0 fully saturated rings. The zero-order valence-corrected chi connectivity index (χ0v) is 36.1. The summed E-state index contributed by atoms with van der Waals surface area (Å²) in [6.45, 7) is 9.66. The number of fused-ring (bicyclic) bond motifs is 8. The van der Waals surface area contributed by atoms with Crippen LogP contribution in [0.2, 0.25) is 0 Å². The predicted octanol–water partition coefficient (Wildman–Crippen LogP) is 15.5. The SMILES string of the molecule is CC1(C)CCC(C)(C)c2cc3c(cc21)c1cc2ccccc2cc1n3-c1cccc(-c2nc(-c3ccccc3)nc(-c3cccc(-c4ccc5c(c4)sc4ccccc45)c3)n2)c1. The van der Waals surface area contributed by atoms with E-state index >= 15 is 0 Å². The summed E-state index contributed by atoms with van der Waals surface area (Å²) in [5, 5.41) is 7.64. The van der Waals surface area contributed by atoms with Gasteiger partial charge in [0.15, 0.2) is 17.5 Å². The molecule has 0 aliphatic heterocycles. The number of benzene rings is 8. The summed E-state index contributed by atoms with van der Waals surface area (Å²) >= 11 is 1.84. The van der Waals surface area contributed by atoms with Crippen LogP contribution in [0, 0.1) is 0 Å². The lowest BCUT2D eigenvalue weighted by Crippen LogP contribution is -2.33. The Hall–Kier alpha value is -6.95. The molecule has 5 heteroatoms. The molecule has 0 amide bonds. The van der Waals surface area contributed by atoms with Crippen LogP contribution in [0.4, 0.5) is 0 Å². The van der Waals surface area contributed by atoms with Crippen LogP contribution in [-0.2, 0) is 10.8 Å². The Bertz CT molecular complexity index is 3590. The molecule has 3 aromatic heterocycles. The van der Waals surface area contributed by atoms with Gasteiger partial charge in [-0.05, 0) is 111 Å². The second kappa shape index (κ2) is 13.8. The third kappa shape index (κ3) is 5.98. The summed E-state index contributed by atoms with van der Waals surface area (Å²) in [4.78, 5) is 15.6. The van der Waals surface area contributed by atoms with E-state index in [0.717, 1.165) is 34.4 Å². The second-order valence-corrected chi connectivity index (χ2v) is 19.4. The van der Waals surface area contributed by atoms with Gasteiger partial charge in [-0.1, -0.05) is 143 Å². The highest BCUT2D eigenvalue weighted by molar-refractivity contribution is 7.25. The quantitative estimate of drug-likeness (QED) is 0.174. The van der Waals surface area contributed by atoms with Crippen molar-refractivity contribution < 1.29 is 0 Å². The highest BCUT2D eigenvalue weighted by Crippen LogP contribution is 2.49. The van der Waals surface area contributed by atoms with Crippen molar-refractivity contribution in [3.8, 4) is 51.0 Å². The van der Waals surface area contributed by atoms with Crippen LogP contribution in [0.25, 0.3) is 104 Å². The molecule has 1 aliphatic rings. The molecule has 0 saturated carbocycles. The summed E-state index contributed by atoms with van der Waals surface area (Å²) in [5.74, 6) is 1.93. The van der Waals surface area contributed by atoms with E-state index in [4.69, 9.17) is 15.0 Å². The molecule has 11 aromatic rings. The van der Waals surface area contributed by atoms with Gasteiger partial charge in [-0.15, -0.1) is 11.3 Å². The monoisotopic (exact) mass is 816 g/mol. The summed E-state index contributed by atoms with van der Waals surface area (Å²) in [7, 11) is 0. The van der Waals surface area contributed by atoms with Gasteiger partial charge in [0.25, 0.3) is 0 Å². The molecular weight excluding hydrogens is 773 g/mol. The lowest BCUT2D eigenvalue weighted by molar-refractivity contribution is 0.332. The topological polar surface area (TPSA) is 43.6 Å². The normalized spacial score (nSPS) is 14.6. The fourth-order valence-corrected chi connectivity index (χ4v) is 11.1. The van der Waals surface area contributed by atoms with E-state index in [2.05, 4.69) is 184 Å². The van der Waals surface area contributed by atoms with Crippen LogP contribution >= 0.6 is 11.3 Å². The Morgan fingerprint density at radius 1 is 0.403 bits per heavy atom. The molecule has 4 nitrogen and oxygen atoms in total. The standard InChI is InChI=1S/C57H44N4S/c1-56(2)26-27-57(3,4)48-34-50-46(33-47(48)56)45-30-37-16-8-9-17-38(37)31-49(45)61(50)42-21-13-20-41(29-42)55-59-53(35-14-6-5-7-15-35)58-54(60-55)40-19-12-18-36(28-40)39-24-25-44-43-22-10-11-23-51(43)62-52(44)32-39/h5-25,28-34H,26-27H2,1-4H3. The maximum absolute atomic E-state index is 5.26. The van der Waals surface area contributed by atoms with Gasteiger partial charge in [0.1, 0.15) is 0 Å². The number of nitrogens with zero attached hydrogens (tertiary/aromatic N) is 4. The van der Waals surface area contributed by atoms with Crippen molar-refractivity contribution >= 4 is 64.1 Å². The first-order valence-electron chi connectivity index (χ1n) is 21.6. The van der Waals surface area contributed by atoms with Gasteiger partial charge in [0.05, 0.1) is 11.0 Å². The summed E-state index contributed by atoms with van der Waals surface area (Å²) in [6, 6.07) is 61.6. The first-order chi connectivity index (χ1) is 30.2. The van der Waals surface area contributed by atoms with Gasteiger partial charge < -0.3 is 4.57 Å². The Morgan fingerprint density at radius 3 is 1.73 bits per heavy atom. The highest BCUT2D eigenvalue weighted by Gasteiger charge is 2.38. The first kappa shape index (κ1) is 36.9. The van der Waals surface area contributed by atoms with Crippen molar-refractivity contribution in [3.05, 3.63) is 181 Å². The Balaban J connectivity index is 1.03. The Kier molecular flexibility index (Phi) is 8.20. The number of thiophene rings is 1. The van der Waals surface area contributed by atoms with Gasteiger partial charge in [-0.3, -0.25) is 0 Å². The van der Waals surface area contributed by atoms with Gasteiger partial charge in [0, 0.05) is 53.3 Å². The zero-order chi connectivity index (χ0) is 41.7. The van der Waals surface area contributed by atoms with Crippen molar-refractivity contribution in [2.45, 2.75) is 51.4 Å². The molecule has 0 saturated heterocycles. The van der Waals surface area contributed by atoms with Crippen LogP contribution < -0.4 is 0 Å². The van der Waals surface area contributed by atoms with Crippen LogP contribution in [0.3, 0.4) is 0 Å². The lowest BCUT2D eigenvalue weighted by atomic mass is 9.63. The fourth-order valence-electron chi connectivity index (χ4n) is 9.92. The van der Waals surface area contributed by atoms with E-state index in [9.17, 15) is 0 Å². The fraction of sp³-hybridized carbons (Fsp3) is 0.140. The number of rotatable bonds is 5. The predicted molar refractivity (Wildman–Crippen MR) is 262 cm³/mol. The molecule has 8 aromatic carbocycles. The first-order valence-corrected chi connectivity index (χ1v) is 22.4. The van der Waals surface area contributed by atoms with Crippen LogP contribution in [0.1, 0.15) is 51.7 Å². The van der Waals surface area contributed by atoms with Gasteiger partial charge in [-0.2, -0.15) is 0 Å². The van der Waals surface area contributed by atoms with E-state index in [-0.39, 0.29) is 10.8 Å². The minimum absolute atomic E-state index is 0.0741. The molecular formula is C57H44N4S. The smallest absolute Gasteiger partial charge is 0.164 e. The van der Waals surface area contributed by atoms with E-state index in [1.165, 1.54) is 75.9 Å². The molecule has 0 spiro atoms. The van der Waals surface area contributed by atoms with Crippen molar-refractivity contribution in [1.82, 2.24) is 19.5 Å². The van der Waals surface area contributed by atoms with E-state index in [1.54, 1.807) is 0 Å². The summed E-state index contributed by atoms with van der Waals surface area (Å²) < 4.78 is 5.06. The van der Waals surface area contributed by atoms with E-state index in [1.807, 2.05) is 29.5 Å². The van der Waals surface area contributed by atoms with Crippen LogP contribution in [-0.4, -0.2) is 19.5 Å². The maximum Gasteiger partial charge on any atom is 0.164 e. The van der Waals surface area contributed by atoms with Gasteiger partial charge >= 0.3 is 0 Å². The number of aromatic nitrogens is 4. The van der Waals surface area contributed by atoms with Crippen molar-refractivity contribution in [2.75, 3.05) is 0 Å². The Morgan fingerprint density at radius 2 is 0.952 bits per heavy atom. The molecule has 62 heavy (non-hydrogen) atoms. The lowest BCUT2D eigenvalue weighted by Gasteiger charge is -2.42. The average molecular weight is 817 g/mol. The maximum atomic E-state index is 5.26. The number of hydrogen-bond donors (Lipinski definition) is 0. The van der Waals surface area contributed by atoms with Gasteiger partial charge in [-0.25, -0.2) is 15.0 Å². The van der Waals surface area contributed by atoms with Gasteiger partial charge in [0.2, 0.25) is 0 Å². The molecule has 1 aliphatic carbocycles. The third-order valence-corrected chi connectivity index (χ3v) is 14.6. The molecule has 12 rings (SSSR count).